The zero-order chi connectivity index (χ0) is 16.9. The second-order valence-corrected chi connectivity index (χ2v) is 10.8. The Kier molecular flexibility index (Phi) is 4.21. The molecule has 1 amide bonds. The zero-order valence-corrected chi connectivity index (χ0v) is 15.6. The average Bonchev–Trinajstić information content (AvgIpc) is 3.31. The van der Waals surface area contributed by atoms with E-state index in [2.05, 4.69) is 0 Å². The van der Waals surface area contributed by atoms with Gasteiger partial charge in [0.05, 0.1) is 0 Å². The summed E-state index contributed by atoms with van der Waals surface area (Å²) in [6, 6.07) is 3.52. The zero-order valence-electron chi connectivity index (χ0n) is 14.0. The van der Waals surface area contributed by atoms with Gasteiger partial charge in [-0.2, -0.15) is 4.31 Å². The van der Waals surface area contributed by atoms with Crippen molar-refractivity contribution in [3.8, 4) is 0 Å². The Morgan fingerprint density at radius 2 is 1.88 bits per heavy atom. The number of rotatable bonds is 3. The van der Waals surface area contributed by atoms with E-state index in [4.69, 9.17) is 0 Å². The minimum absolute atomic E-state index is 0.201. The molecule has 5 nitrogen and oxygen atoms in total. The van der Waals surface area contributed by atoms with E-state index in [1.807, 2.05) is 17.9 Å². The van der Waals surface area contributed by atoms with Crippen LogP contribution in [0, 0.1) is 24.7 Å². The first-order valence-corrected chi connectivity index (χ1v) is 11.1. The molecule has 3 atom stereocenters. The van der Waals surface area contributed by atoms with Gasteiger partial charge in [0.1, 0.15) is 4.21 Å². The Bertz CT molecular complexity index is 735. The van der Waals surface area contributed by atoms with Crippen LogP contribution in [0.15, 0.2) is 16.3 Å². The largest absolute Gasteiger partial charge is 0.340 e. The van der Waals surface area contributed by atoms with Crippen molar-refractivity contribution in [2.45, 2.75) is 36.8 Å². The Morgan fingerprint density at radius 3 is 2.42 bits per heavy atom. The van der Waals surface area contributed by atoms with Gasteiger partial charge in [-0.25, -0.2) is 8.42 Å². The predicted octanol–water partition coefficient (Wildman–Crippen LogP) is 2.33. The normalized spacial score (nSPS) is 30.9. The van der Waals surface area contributed by atoms with Gasteiger partial charge >= 0.3 is 0 Å². The minimum Gasteiger partial charge on any atom is -0.340 e. The van der Waals surface area contributed by atoms with E-state index < -0.39 is 10.0 Å². The predicted molar refractivity (Wildman–Crippen MR) is 93.3 cm³/mol. The Labute approximate surface area is 147 Å². The molecule has 1 aliphatic heterocycles. The summed E-state index contributed by atoms with van der Waals surface area (Å²) >= 11 is 1.31. The maximum atomic E-state index is 12.8. The number of nitrogens with zero attached hydrogens (tertiary/aromatic N) is 2. The number of aryl methyl sites for hydroxylation is 1. The third-order valence-electron chi connectivity index (χ3n) is 5.92. The number of hydrogen-bond acceptors (Lipinski definition) is 4. The molecule has 0 N–H and O–H groups in total. The fourth-order valence-corrected chi connectivity index (χ4v) is 7.47. The molecule has 132 valence electrons. The molecule has 3 fully saturated rings. The number of fused-ring (bicyclic) bond motifs is 2. The molecule has 24 heavy (non-hydrogen) atoms. The number of sulfonamides is 1. The Hall–Kier alpha value is -0.920. The van der Waals surface area contributed by atoms with Crippen LogP contribution < -0.4 is 0 Å². The summed E-state index contributed by atoms with van der Waals surface area (Å²) in [6.45, 7) is 3.78. The van der Waals surface area contributed by atoms with Gasteiger partial charge in [-0.15, -0.1) is 11.3 Å². The number of carbonyl (C=O) groups excluding carboxylic acids is 1. The summed E-state index contributed by atoms with van der Waals surface area (Å²) in [7, 11) is -3.40. The molecule has 3 unspecified atom stereocenters. The second-order valence-electron chi connectivity index (χ2n) is 7.38. The highest BCUT2D eigenvalue weighted by Gasteiger charge is 2.45. The molecule has 0 spiro atoms. The first-order valence-electron chi connectivity index (χ1n) is 8.80. The topological polar surface area (TPSA) is 57.7 Å². The lowest BCUT2D eigenvalue weighted by Gasteiger charge is -2.36. The Balaban J connectivity index is 1.39. The van der Waals surface area contributed by atoms with Gasteiger partial charge < -0.3 is 4.90 Å². The molecule has 2 saturated carbocycles. The van der Waals surface area contributed by atoms with Crippen molar-refractivity contribution in [1.82, 2.24) is 9.21 Å². The summed E-state index contributed by atoms with van der Waals surface area (Å²) in [5, 5.41) is 0. The van der Waals surface area contributed by atoms with Crippen molar-refractivity contribution >= 4 is 27.3 Å². The van der Waals surface area contributed by atoms with Crippen LogP contribution in [0.2, 0.25) is 0 Å². The number of thiophene rings is 1. The number of carbonyl (C=O) groups is 1. The van der Waals surface area contributed by atoms with Crippen LogP contribution in [0.4, 0.5) is 0 Å². The lowest BCUT2D eigenvalue weighted by molar-refractivity contribution is -0.138. The highest BCUT2D eigenvalue weighted by atomic mass is 32.2. The van der Waals surface area contributed by atoms with Crippen molar-refractivity contribution in [3.63, 3.8) is 0 Å². The van der Waals surface area contributed by atoms with Crippen LogP contribution in [-0.4, -0.2) is 49.7 Å². The van der Waals surface area contributed by atoms with E-state index in [1.54, 1.807) is 6.07 Å². The molecule has 3 aliphatic rings. The lowest BCUT2D eigenvalue weighted by Crippen LogP contribution is -2.52. The van der Waals surface area contributed by atoms with Crippen LogP contribution in [0.25, 0.3) is 0 Å². The monoisotopic (exact) mass is 368 g/mol. The molecule has 2 bridgehead atoms. The van der Waals surface area contributed by atoms with Crippen LogP contribution >= 0.6 is 11.3 Å². The molecule has 0 radical (unpaired) electrons. The first-order chi connectivity index (χ1) is 11.4. The third kappa shape index (κ3) is 2.80. The molecule has 2 heterocycles. The molecule has 2 aliphatic carbocycles. The smallest absolute Gasteiger partial charge is 0.252 e. The summed E-state index contributed by atoms with van der Waals surface area (Å²) < 4.78 is 27.3. The summed E-state index contributed by atoms with van der Waals surface area (Å²) in [4.78, 5) is 15.7. The van der Waals surface area contributed by atoms with Crippen LogP contribution in [0.1, 0.15) is 30.6 Å². The highest BCUT2D eigenvalue weighted by molar-refractivity contribution is 7.91. The van der Waals surface area contributed by atoms with Crippen molar-refractivity contribution in [2.75, 3.05) is 26.2 Å². The van der Waals surface area contributed by atoms with Crippen molar-refractivity contribution in [3.05, 3.63) is 17.0 Å². The summed E-state index contributed by atoms with van der Waals surface area (Å²) in [5.41, 5.74) is 0. The van der Waals surface area contributed by atoms with E-state index in [0.29, 0.717) is 36.3 Å². The number of hydrogen-bond donors (Lipinski definition) is 0. The maximum Gasteiger partial charge on any atom is 0.252 e. The maximum absolute atomic E-state index is 12.8. The number of piperazine rings is 1. The molecule has 1 aromatic rings. The Morgan fingerprint density at radius 1 is 1.12 bits per heavy atom. The van der Waals surface area contributed by atoms with Gasteiger partial charge in [-0.1, -0.05) is 6.42 Å². The second kappa shape index (κ2) is 6.11. The molecular weight excluding hydrogens is 344 g/mol. The molecule has 1 saturated heterocycles. The van der Waals surface area contributed by atoms with Gasteiger partial charge in [0.2, 0.25) is 5.91 Å². The number of amides is 1. The van der Waals surface area contributed by atoms with E-state index in [1.165, 1.54) is 34.9 Å². The minimum atomic E-state index is -3.40. The lowest BCUT2D eigenvalue weighted by atomic mass is 9.87. The van der Waals surface area contributed by atoms with Gasteiger partial charge in [0, 0.05) is 37.0 Å². The standard InChI is InChI=1S/C17H24N2O3S2/c1-12-2-5-16(23-12)24(21,22)19-8-6-18(7-9-19)17(20)15-11-13-3-4-14(15)10-13/h2,5,13-15H,3-4,6-11H2,1H3. The van der Waals surface area contributed by atoms with Gasteiger partial charge in [-0.3, -0.25) is 4.79 Å². The van der Waals surface area contributed by atoms with Crippen molar-refractivity contribution in [2.24, 2.45) is 17.8 Å². The van der Waals surface area contributed by atoms with E-state index in [9.17, 15) is 13.2 Å². The molecule has 7 heteroatoms. The third-order valence-corrected chi connectivity index (χ3v) is 9.28. The van der Waals surface area contributed by atoms with E-state index in [-0.39, 0.29) is 11.8 Å². The van der Waals surface area contributed by atoms with E-state index >= 15 is 0 Å². The molecular formula is C17H24N2O3S2. The molecule has 0 aromatic carbocycles. The average molecular weight is 369 g/mol. The molecule has 1 aromatic heterocycles. The van der Waals surface area contributed by atoms with Crippen LogP contribution in [-0.2, 0) is 14.8 Å². The van der Waals surface area contributed by atoms with Gasteiger partial charge in [0.25, 0.3) is 10.0 Å². The SMILES string of the molecule is Cc1ccc(S(=O)(=O)N2CCN(C(=O)C3CC4CCC3C4)CC2)s1. The quantitative estimate of drug-likeness (QED) is 0.823. The van der Waals surface area contributed by atoms with Gasteiger partial charge in [-0.05, 0) is 50.2 Å². The highest BCUT2D eigenvalue weighted by Crippen LogP contribution is 2.48. The van der Waals surface area contributed by atoms with E-state index in [0.717, 1.165) is 17.2 Å². The van der Waals surface area contributed by atoms with Crippen molar-refractivity contribution < 1.29 is 13.2 Å². The molecule has 4 rings (SSSR count). The fraction of sp³-hybridized carbons (Fsp3) is 0.706. The summed E-state index contributed by atoms with van der Waals surface area (Å²) in [6.07, 6.45) is 4.77. The van der Waals surface area contributed by atoms with Gasteiger partial charge in [0.15, 0.2) is 0 Å². The fourth-order valence-electron chi connectivity index (χ4n) is 4.61. The summed E-state index contributed by atoms with van der Waals surface area (Å²) in [5.74, 6) is 1.81. The first kappa shape index (κ1) is 16.5. The van der Waals surface area contributed by atoms with Crippen LogP contribution in [0.3, 0.4) is 0 Å². The van der Waals surface area contributed by atoms with Crippen LogP contribution in [0.5, 0.6) is 0 Å². The van der Waals surface area contributed by atoms with Crippen molar-refractivity contribution in [1.29, 1.82) is 0 Å².